The van der Waals surface area contributed by atoms with Crippen molar-refractivity contribution in [2.75, 3.05) is 13.2 Å². The summed E-state index contributed by atoms with van der Waals surface area (Å²) in [6.07, 6.45) is -0.516. The van der Waals surface area contributed by atoms with E-state index >= 15 is 0 Å². The molecule has 0 saturated carbocycles. The van der Waals surface area contributed by atoms with Gasteiger partial charge in [0.05, 0.1) is 0 Å². The van der Waals surface area contributed by atoms with Crippen LogP contribution in [0.4, 0.5) is 0 Å². The first-order valence-corrected chi connectivity index (χ1v) is 9.25. The second-order valence-electron chi connectivity index (χ2n) is 7.27. The highest BCUT2D eigenvalue weighted by Gasteiger charge is 2.44. The summed E-state index contributed by atoms with van der Waals surface area (Å²) in [4.78, 5) is 23.9. The van der Waals surface area contributed by atoms with Crippen molar-refractivity contribution >= 4 is 11.9 Å². The number of hydrogen-bond acceptors (Lipinski definition) is 7. The zero-order valence-corrected chi connectivity index (χ0v) is 15.0. The quantitative estimate of drug-likeness (QED) is 0.660. The number of rotatable bonds is 3. The van der Waals surface area contributed by atoms with Gasteiger partial charge in [-0.3, -0.25) is 10.1 Å². The first kappa shape index (κ1) is 17.2. The van der Waals surface area contributed by atoms with Crippen molar-refractivity contribution in [1.82, 2.24) is 5.32 Å². The smallest absolute Gasteiger partial charge is 0.336 e. The normalized spacial score (nSPS) is 24.9. The number of carbonyl (C=O) groups excluding carboxylic acids is 2. The standard InChI is InChI=1S/C21H19NO6/c23-15-6-11(5-13-7-12-3-1-2-4-14(12)18(13)15)9-26-20(24)16-8-22-19-17(28-16)10-27-21(19)25/h1-6,16-17,19,22-23H,7-10H2/t16-,17?,19+/m0/s1. The molecule has 2 heterocycles. The van der Waals surface area contributed by atoms with Gasteiger partial charge in [0, 0.05) is 12.1 Å². The van der Waals surface area contributed by atoms with Crippen LogP contribution in [0, 0.1) is 0 Å². The number of carbonyl (C=O) groups is 2. The van der Waals surface area contributed by atoms with Crippen LogP contribution in [-0.4, -0.2) is 48.4 Å². The van der Waals surface area contributed by atoms with Crippen molar-refractivity contribution in [1.29, 1.82) is 0 Å². The fourth-order valence-corrected chi connectivity index (χ4v) is 4.12. The zero-order chi connectivity index (χ0) is 19.3. The van der Waals surface area contributed by atoms with Gasteiger partial charge in [0.2, 0.25) is 0 Å². The van der Waals surface area contributed by atoms with E-state index in [4.69, 9.17) is 14.2 Å². The molecule has 0 amide bonds. The number of phenols is 1. The molecule has 2 saturated heterocycles. The largest absolute Gasteiger partial charge is 0.507 e. The van der Waals surface area contributed by atoms with E-state index in [-0.39, 0.29) is 31.5 Å². The van der Waals surface area contributed by atoms with E-state index in [9.17, 15) is 14.7 Å². The van der Waals surface area contributed by atoms with E-state index in [1.54, 1.807) is 6.07 Å². The number of nitrogens with one attached hydrogen (secondary N) is 1. The molecular formula is C21H19NO6. The summed E-state index contributed by atoms with van der Waals surface area (Å²) in [6.45, 7) is 0.374. The van der Waals surface area contributed by atoms with Crippen LogP contribution in [0.2, 0.25) is 0 Å². The summed E-state index contributed by atoms with van der Waals surface area (Å²) in [5, 5.41) is 13.5. The predicted molar refractivity (Wildman–Crippen MR) is 97.6 cm³/mol. The van der Waals surface area contributed by atoms with E-state index in [1.165, 1.54) is 5.56 Å². The molecular weight excluding hydrogens is 362 g/mol. The van der Waals surface area contributed by atoms with Crippen molar-refractivity contribution in [3.8, 4) is 16.9 Å². The number of ether oxygens (including phenoxy) is 3. The third kappa shape index (κ3) is 2.83. The molecule has 0 spiro atoms. The maximum absolute atomic E-state index is 12.4. The third-order valence-corrected chi connectivity index (χ3v) is 5.45. The Balaban J connectivity index is 1.25. The topological polar surface area (TPSA) is 94.1 Å². The van der Waals surface area contributed by atoms with Crippen LogP contribution >= 0.6 is 0 Å². The maximum atomic E-state index is 12.4. The van der Waals surface area contributed by atoms with Gasteiger partial charge in [-0.2, -0.15) is 0 Å². The number of hydrogen-bond donors (Lipinski definition) is 2. The molecule has 3 atom stereocenters. The van der Waals surface area contributed by atoms with Crippen molar-refractivity contribution in [2.24, 2.45) is 0 Å². The lowest BCUT2D eigenvalue weighted by atomic mass is 10.0. The summed E-state index contributed by atoms with van der Waals surface area (Å²) in [7, 11) is 0. The molecule has 2 aliphatic heterocycles. The lowest BCUT2D eigenvalue weighted by Gasteiger charge is -2.29. The second kappa shape index (κ2) is 6.61. The van der Waals surface area contributed by atoms with Crippen molar-refractivity contribution in [3.05, 3.63) is 53.1 Å². The fraction of sp³-hybridized carbons (Fsp3) is 0.333. The maximum Gasteiger partial charge on any atom is 0.336 e. The van der Waals surface area contributed by atoms with Crippen LogP contribution < -0.4 is 5.32 Å². The van der Waals surface area contributed by atoms with Crippen LogP contribution in [0.25, 0.3) is 11.1 Å². The molecule has 1 aliphatic carbocycles. The lowest BCUT2D eigenvalue weighted by Crippen LogP contribution is -2.55. The Morgan fingerprint density at radius 2 is 2.11 bits per heavy atom. The molecule has 7 nitrogen and oxygen atoms in total. The number of esters is 2. The van der Waals surface area contributed by atoms with Crippen LogP contribution in [0.15, 0.2) is 36.4 Å². The van der Waals surface area contributed by atoms with Crippen LogP contribution in [0.3, 0.4) is 0 Å². The highest BCUT2D eigenvalue weighted by molar-refractivity contribution is 5.82. The van der Waals surface area contributed by atoms with Gasteiger partial charge in [0.25, 0.3) is 0 Å². The molecule has 3 aliphatic rings. The minimum atomic E-state index is -0.789. The average molecular weight is 381 g/mol. The van der Waals surface area contributed by atoms with Gasteiger partial charge < -0.3 is 19.3 Å². The van der Waals surface area contributed by atoms with Gasteiger partial charge in [-0.25, -0.2) is 4.79 Å². The summed E-state index contributed by atoms with van der Waals surface area (Å²) >= 11 is 0. The molecule has 2 aromatic rings. The molecule has 5 rings (SSSR count). The third-order valence-electron chi connectivity index (χ3n) is 5.45. The Bertz CT molecular complexity index is 971. The van der Waals surface area contributed by atoms with E-state index in [2.05, 4.69) is 5.32 Å². The van der Waals surface area contributed by atoms with E-state index in [0.717, 1.165) is 28.7 Å². The lowest BCUT2D eigenvalue weighted by molar-refractivity contribution is -0.166. The first-order valence-electron chi connectivity index (χ1n) is 9.25. The molecule has 0 bridgehead atoms. The van der Waals surface area contributed by atoms with Gasteiger partial charge in [-0.05, 0) is 34.7 Å². The van der Waals surface area contributed by atoms with Crippen LogP contribution in [0.5, 0.6) is 5.75 Å². The van der Waals surface area contributed by atoms with Crippen molar-refractivity contribution < 1.29 is 28.9 Å². The van der Waals surface area contributed by atoms with Gasteiger partial charge in [-0.1, -0.05) is 30.3 Å². The van der Waals surface area contributed by atoms with Gasteiger partial charge in [-0.15, -0.1) is 0 Å². The van der Waals surface area contributed by atoms with Crippen LogP contribution in [-0.2, 0) is 36.8 Å². The zero-order valence-electron chi connectivity index (χ0n) is 15.0. The molecule has 144 valence electrons. The highest BCUT2D eigenvalue weighted by Crippen LogP contribution is 2.42. The SMILES string of the molecule is O=C(OCc1cc(O)c2c(c1)Cc1ccccc1-2)[C@@H]1CN[C@H]2C(=O)OCC2O1. The summed E-state index contributed by atoms with van der Waals surface area (Å²) in [5.41, 5.74) is 4.81. The molecule has 2 aromatic carbocycles. The van der Waals surface area contributed by atoms with Gasteiger partial charge >= 0.3 is 11.9 Å². The number of fused-ring (bicyclic) bond motifs is 4. The Labute approximate surface area is 161 Å². The Hall–Kier alpha value is -2.90. The molecule has 1 unspecified atom stereocenters. The van der Waals surface area contributed by atoms with E-state index in [1.807, 2.05) is 30.3 Å². The average Bonchev–Trinajstić information content (AvgIpc) is 3.26. The molecule has 2 fully saturated rings. The summed E-state index contributed by atoms with van der Waals surface area (Å²) in [6, 6.07) is 11.1. The second-order valence-corrected chi connectivity index (χ2v) is 7.27. The van der Waals surface area contributed by atoms with E-state index in [0.29, 0.717) is 0 Å². The first-order chi connectivity index (χ1) is 13.6. The Kier molecular flexibility index (Phi) is 4.07. The molecule has 2 N–H and O–H groups in total. The summed E-state index contributed by atoms with van der Waals surface area (Å²) in [5.74, 6) is -0.673. The van der Waals surface area contributed by atoms with Crippen LogP contribution in [0.1, 0.15) is 16.7 Å². The molecule has 28 heavy (non-hydrogen) atoms. The number of cyclic esters (lactones) is 1. The Morgan fingerprint density at radius 3 is 3.00 bits per heavy atom. The number of phenolic OH excluding ortho intramolecular Hbond substituents is 1. The van der Waals surface area contributed by atoms with Crippen molar-refractivity contribution in [3.63, 3.8) is 0 Å². The molecule has 0 aromatic heterocycles. The molecule has 0 radical (unpaired) electrons. The Morgan fingerprint density at radius 1 is 1.25 bits per heavy atom. The highest BCUT2D eigenvalue weighted by atomic mass is 16.6. The monoisotopic (exact) mass is 381 g/mol. The number of benzene rings is 2. The minimum absolute atomic E-state index is 0.0411. The fourth-order valence-electron chi connectivity index (χ4n) is 4.12. The molecule has 7 heteroatoms. The van der Waals surface area contributed by atoms with Gasteiger partial charge in [0.1, 0.15) is 31.1 Å². The van der Waals surface area contributed by atoms with E-state index < -0.39 is 24.2 Å². The summed E-state index contributed by atoms with van der Waals surface area (Å²) < 4.78 is 16.0. The number of aromatic hydroxyl groups is 1. The minimum Gasteiger partial charge on any atom is -0.507 e. The number of morpholine rings is 1. The van der Waals surface area contributed by atoms with Crippen molar-refractivity contribution in [2.45, 2.75) is 31.3 Å². The predicted octanol–water partition coefficient (Wildman–Crippen LogP) is 1.29. The van der Waals surface area contributed by atoms with Gasteiger partial charge in [0.15, 0.2) is 6.10 Å².